The minimum atomic E-state index is -0.626. The van der Waals surface area contributed by atoms with E-state index in [0.717, 1.165) is 12.6 Å². The molecule has 1 heterocycles. The van der Waals surface area contributed by atoms with Crippen LogP contribution in [0.5, 0.6) is 0 Å². The molecule has 0 aliphatic rings. The Kier molecular flexibility index (Phi) is 3.38. The minimum Gasteiger partial charge on any atom is -0.342 e. The van der Waals surface area contributed by atoms with Crippen LogP contribution in [0.1, 0.15) is 19.7 Å². The van der Waals surface area contributed by atoms with Crippen molar-refractivity contribution in [2.75, 3.05) is 6.54 Å². The summed E-state index contributed by atoms with van der Waals surface area (Å²) in [6.07, 6.45) is 0.656. The Morgan fingerprint density at radius 3 is 2.88 bits per heavy atom. The zero-order chi connectivity index (χ0) is 12.4. The van der Waals surface area contributed by atoms with Gasteiger partial charge < -0.3 is 10.3 Å². The third-order valence-corrected chi connectivity index (χ3v) is 2.61. The van der Waals surface area contributed by atoms with E-state index in [2.05, 4.69) is 15.3 Å². The highest BCUT2D eigenvalue weighted by Gasteiger charge is 2.11. The first-order valence-electron chi connectivity index (χ1n) is 5.67. The molecular formula is C12H15F2N3. The summed E-state index contributed by atoms with van der Waals surface area (Å²) in [5.41, 5.74) is 0.603. The molecule has 92 valence electrons. The number of H-pyrrole nitrogens is 1. The highest BCUT2D eigenvalue weighted by atomic mass is 19.1. The number of halogens is 2. The van der Waals surface area contributed by atoms with Gasteiger partial charge in [0.05, 0.1) is 5.52 Å². The van der Waals surface area contributed by atoms with Crippen molar-refractivity contribution < 1.29 is 8.78 Å². The van der Waals surface area contributed by atoms with E-state index in [4.69, 9.17) is 0 Å². The van der Waals surface area contributed by atoms with Crippen LogP contribution >= 0.6 is 0 Å². The van der Waals surface area contributed by atoms with Crippen LogP contribution in [-0.2, 0) is 6.42 Å². The van der Waals surface area contributed by atoms with Crippen LogP contribution in [0.3, 0.4) is 0 Å². The molecule has 1 aromatic carbocycles. The van der Waals surface area contributed by atoms with E-state index in [1.807, 2.05) is 13.8 Å². The summed E-state index contributed by atoms with van der Waals surface area (Å²) in [6, 6.07) is 2.35. The number of likely N-dealkylation sites (N-methyl/N-ethyl adjacent to an activating group) is 1. The maximum Gasteiger partial charge on any atom is 0.153 e. The Morgan fingerprint density at radius 1 is 1.41 bits per heavy atom. The molecular weight excluding hydrogens is 224 g/mol. The van der Waals surface area contributed by atoms with Crippen molar-refractivity contribution >= 4 is 11.0 Å². The summed E-state index contributed by atoms with van der Waals surface area (Å²) in [5, 5.41) is 3.24. The van der Waals surface area contributed by atoms with Crippen LogP contribution in [0.25, 0.3) is 11.0 Å². The van der Waals surface area contributed by atoms with Gasteiger partial charge in [-0.3, -0.25) is 0 Å². The second-order valence-electron chi connectivity index (χ2n) is 4.13. The van der Waals surface area contributed by atoms with E-state index in [1.54, 1.807) is 0 Å². The van der Waals surface area contributed by atoms with Gasteiger partial charge in [0.1, 0.15) is 17.2 Å². The van der Waals surface area contributed by atoms with Gasteiger partial charge in [-0.2, -0.15) is 0 Å². The maximum absolute atomic E-state index is 13.4. The van der Waals surface area contributed by atoms with Crippen LogP contribution in [0.15, 0.2) is 12.1 Å². The molecule has 3 nitrogen and oxygen atoms in total. The average Bonchev–Trinajstić information content (AvgIpc) is 2.60. The normalized spacial score (nSPS) is 13.2. The summed E-state index contributed by atoms with van der Waals surface area (Å²) in [4.78, 5) is 7.07. The molecule has 17 heavy (non-hydrogen) atoms. The number of fused-ring (bicyclic) bond motifs is 1. The summed E-state index contributed by atoms with van der Waals surface area (Å²) >= 11 is 0. The van der Waals surface area contributed by atoms with E-state index in [9.17, 15) is 8.78 Å². The van der Waals surface area contributed by atoms with Gasteiger partial charge in [-0.15, -0.1) is 0 Å². The lowest BCUT2D eigenvalue weighted by atomic mass is 10.2. The van der Waals surface area contributed by atoms with E-state index >= 15 is 0 Å². The SMILES string of the molecule is CCNC(C)Cc1nc2c(F)cc(F)cc2[nH]1. The van der Waals surface area contributed by atoms with Gasteiger partial charge in [-0.25, -0.2) is 13.8 Å². The number of nitrogens with zero attached hydrogens (tertiary/aromatic N) is 1. The third-order valence-electron chi connectivity index (χ3n) is 2.61. The van der Waals surface area contributed by atoms with Crippen LogP contribution in [0.4, 0.5) is 8.78 Å². The summed E-state index contributed by atoms with van der Waals surface area (Å²) in [5.74, 6) is -0.554. The van der Waals surface area contributed by atoms with Crippen molar-refractivity contribution in [2.45, 2.75) is 26.3 Å². The summed E-state index contributed by atoms with van der Waals surface area (Å²) < 4.78 is 26.4. The van der Waals surface area contributed by atoms with Gasteiger partial charge in [0, 0.05) is 18.5 Å². The molecule has 1 unspecified atom stereocenters. The van der Waals surface area contributed by atoms with Crippen LogP contribution in [0, 0.1) is 11.6 Å². The monoisotopic (exact) mass is 239 g/mol. The Balaban J connectivity index is 2.28. The molecule has 0 saturated carbocycles. The lowest BCUT2D eigenvalue weighted by Crippen LogP contribution is -2.27. The molecule has 2 rings (SSSR count). The van der Waals surface area contributed by atoms with Gasteiger partial charge in [-0.05, 0) is 19.5 Å². The number of hydrogen-bond acceptors (Lipinski definition) is 2. The van der Waals surface area contributed by atoms with Crippen LogP contribution in [0.2, 0.25) is 0 Å². The molecule has 0 saturated heterocycles. The zero-order valence-electron chi connectivity index (χ0n) is 9.85. The van der Waals surface area contributed by atoms with Crippen molar-refractivity contribution in [3.8, 4) is 0 Å². The predicted octanol–water partition coefficient (Wildman–Crippen LogP) is 2.38. The molecule has 0 aliphatic carbocycles. The quantitative estimate of drug-likeness (QED) is 0.860. The van der Waals surface area contributed by atoms with Crippen LogP contribution in [-0.4, -0.2) is 22.6 Å². The molecule has 2 aromatic rings. The van der Waals surface area contributed by atoms with Crippen molar-refractivity contribution in [2.24, 2.45) is 0 Å². The highest BCUT2D eigenvalue weighted by Crippen LogP contribution is 2.17. The standard InChI is InChI=1S/C12H15F2N3/c1-3-15-7(2)4-11-16-10-6-8(13)5-9(14)12(10)17-11/h5-7,15H,3-4H2,1-2H3,(H,16,17). The Morgan fingerprint density at radius 2 is 2.18 bits per heavy atom. The number of rotatable bonds is 4. The van der Waals surface area contributed by atoms with E-state index in [-0.39, 0.29) is 11.6 Å². The van der Waals surface area contributed by atoms with E-state index < -0.39 is 11.6 Å². The van der Waals surface area contributed by atoms with Gasteiger partial charge in [-0.1, -0.05) is 6.92 Å². The van der Waals surface area contributed by atoms with Crippen molar-refractivity contribution in [3.05, 3.63) is 29.6 Å². The number of aromatic nitrogens is 2. The first-order valence-corrected chi connectivity index (χ1v) is 5.67. The fourth-order valence-corrected chi connectivity index (χ4v) is 1.90. The fourth-order valence-electron chi connectivity index (χ4n) is 1.90. The average molecular weight is 239 g/mol. The maximum atomic E-state index is 13.4. The van der Waals surface area contributed by atoms with E-state index in [0.29, 0.717) is 17.8 Å². The Hall–Kier alpha value is -1.49. The number of hydrogen-bond donors (Lipinski definition) is 2. The molecule has 0 aliphatic heterocycles. The predicted molar refractivity (Wildman–Crippen MR) is 62.9 cm³/mol. The van der Waals surface area contributed by atoms with Crippen molar-refractivity contribution in [1.29, 1.82) is 0 Å². The molecule has 5 heteroatoms. The minimum absolute atomic E-state index is 0.199. The first kappa shape index (κ1) is 12.0. The first-order chi connectivity index (χ1) is 8.10. The Labute approximate surface area is 98.2 Å². The second kappa shape index (κ2) is 4.79. The van der Waals surface area contributed by atoms with Gasteiger partial charge in [0.15, 0.2) is 5.82 Å². The molecule has 0 spiro atoms. The number of aromatic amines is 1. The summed E-state index contributed by atoms with van der Waals surface area (Å²) in [6.45, 7) is 4.90. The molecule has 1 aromatic heterocycles. The molecule has 1 atom stereocenters. The zero-order valence-corrected chi connectivity index (χ0v) is 9.85. The number of benzene rings is 1. The van der Waals surface area contributed by atoms with Crippen molar-refractivity contribution in [3.63, 3.8) is 0 Å². The number of imidazole rings is 1. The molecule has 0 amide bonds. The van der Waals surface area contributed by atoms with Gasteiger partial charge >= 0.3 is 0 Å². The van der Waals surface area contributed by atoms with E-state index in [1.165, 1.54) is 6.07 Å². The Bertz CT molecular complexity index is 522. The molecule has 0 bridgehead atoms. The van der Waals surface area contributed by atoms with Gasteiger partial charge in [0.25, 0.3) is 0 Å². The van der Waals surface area contributed by atoms with Gasteiger partial charge in [0.2, 0.25) is 0 Å². The smallest absolute Gasteiger partial charge is 0.153 e. The third kappa shape index (κ3) is 2.61. The van der Waals surface area contributed by atoms with Crippen molar-refractivity contribution in [1.82, 2.24) is 15.3 Å². The highest BCUT2D eigenvalue weighted by molar-refractivity contribution is 5.75. The number of nitrogens with one attached hydrogen (secondary N) is 2. The topological polar surface area (TPSA) is 40.7 Å². The largest absolute Gasteiger partial charge is 0.342 e. The lowest BCUT2D eigenvalue weighted by Gasteiger charge is -2.09. The lowest BCUT2D eigenvalue weighted by molar-refractivity contribution is 0.554. The molecule has 0 radical (unpaired) electrons. The summed E-state index contributed by atoms with van der Waals surface area (Å²) in [7, 11) is 0. The molecule has 0 fully saturated rings. The van der Waals surface area contributed by atoms with Crippen LogP contribution < -0.4 is 5.32 Å². The second-order valence-corrected chi connectivity index (χ2v) is 4.13. The molecule has 2 N–H and O–H groups in total. The fraction of sp³-hybridized carbons (Fsp3) is 0.417.